The number of nitrogens with one attached hydrogen (secondary N) is 1. The minimum absolute atomic E-state index is 0.0169. The fourth-order valence-corrected chi connectivity index (χ4v) is 7.33. The number of aromatic nitrogens is 3. The molecular weight excluding hydrogens is 862 g/mol. The Morgan fingerprint density at radius 2 is 1.72 bits per heavy atom. The van der Waals surface area contributed by atoms with Crippen molar-refractivity contribution < 1.29 is 50.2 Å². The highest BCUT2D eigenvalue weighted by Crippen LogP contribution is 2.60. The number of benzene rings is 3. The standard InChI is InChI=1S/C39H36BrClF6N6O5/c1-36(2,3)20-38(25-11-10-24(40)16-27(25)42)33(55)52(34(51-38)50-35(56)58-18-22-7-5-4-6-8-22)29(19-57-30(54)17-37(13-14-37)39(45,46)47)23-9-12-26(41)28(15-23)53-32(31(43)44)48-21-49-53/h4-12,15-16,21,29,31H,13-14,17-20H2,1-3H3,(H,50,51,56)/t29-,38-/m1/s1. The molecule has 308 valence electrons. The number of carbonyl (C=O) groups excluding carboxylic acids is 3. The second kappa shape index (κ2) is 16.4. The molecule has 6 rings (SSSR count). The number of carbonyl (C=O) groups is 3. The summed E-state index contributed by atoms with van der Waals surface area (Å²) >= 11 is 9.70. The molecule has 0 saturated heterocycles. The number of rotatable bonds is 12. The van der Waals surface area contributed by atoms with Crippen LogP contribution in [0.25, 0.3) is 5.69 Å². The molecule has 1 N–H and O–H groups in total. The van der Waals surface area contributed by atoms with Crippen LogP contribution in [0.5, 0.6) is 0 Å². The number of esters is 1. The van der Waals surface area contributed by atoms with Gasteiger partial charge in [-0.1, -0.05) is 90.8 Å². The zero-order valence-corrected chi connectivity index (χ0v) is 33.5. The molecule has 0 radical (unpaired) electrons. The number of alkyl carbamates (subject to hydrolysis) is 1. The molecule has 2 amide bonds. The Morgan fingerprint density at radius 3 is 2.34 bits per heavy atom. The second-order valence-corrected chi connectivity index (χ2v) is 16.5. The fraction of sp³-hybridized carbons (Fsp3) is 0.385. The minimum atomic E-state index is -4.69. The summed E-state index contributed by atoms with van der Waals surface area (Å²) in [6, 6.07) is 14.9. The van der Waals surface area contributed by atoms with E-state index in [0.29, 0.717) is 10.0 Å². The van der Waals surface area contributed by atoms with E-state index in [4.69, 9.17) is 26.1 Å². The van der Waals surface area contributed by atoms with Crippen molar-refractivity contribution >= 4 is 51.5 Å². The number of hydrogen-bond donors (Lipinski definition) is 1. The van der Waals surface area contributed by atoms with Crippen LogP contribution in [-0.4, -0.2) is 56.4 Å². The van der Waals surface area contributed by atoms with E-state index in [-0.39, 0.29) is 47.7 Å². The summed E-state index contributed by atoms with van der Waals surface area (Å²) in [6.07, 6.45) is -9.76. The Balaban J connectivity index is 1.49. The van der Waals surface area contributed by atoms with E-state index < -0.39 is 83.6 Å². The minimum Gasteiger partial charge on any atom is -0.463 e. The number of ether oxygens (including phenoxy) is 2. The quantitative estimate of drug-likeness (QED) is 0.111. The van der Waals surface area contributed by atoms with E-state index in [0.717, 1.165) is 22.0 Å². The fourth-order valence-electron chi connectivity index (χ4n) is 6.80. The average Bonchev–Trinajstić information content (AvgIpc) is 3.68. The van der Waals surface area contributed by atoms with Crippen molar-refractivity contribution in [2.24, 2.45) is 15.8 Å². The third-order valence-corrected chi connectivity index (χ3v) is 10.5. The molecule has 1 fully saturated rings. The topological polar surface area (TPSA) is 128 Å². The van der Waals surface area contributed by atoms with Crippen LogP contribution in [0.4, 0.5) is 31.1 Å². The van der Waals surface area contributed by atoms with Gasteiger partial charge in [0.2, 0.25) is 5.96 Å². The van der Waals surface area contributed by atoms with Gasteiger partial charge in [0, 0.05) is 10.0 Å². The van der Waals surface area contributed by atoms with E-state index in [1.165, 1.54) is 30.3 Å². The van der Waals surface area contributed by atoms with E-state index in [9.17, 15) is 31.5 Å². The Morgan fingerprint density at radius 1 is 1.02 bits per heavy atom. The summed E-state index contributed by atoms with van der Waals surface area (Å²) < 4.78 is 97.7. The normalized spacial score (nSPS) is 18.2. The Labute approximate surface area is 341 Å². The SMILES string of the molecule is CC(C)(C)C[C@]1(c2ccc(Br)cc2F)N=C(NC(=O)OCc2ccccc2)N([C@H](COC(=O)CC2(C(F)(F)F)CC2)c2ccc(Cl)c(-n3ncnc3C(F)F)c2)C1=O. The van der Waals surface area contributed by atoms with Crippen LogP contribution in [0, 0.1) is 16.6 Å². The molecule has 1 aliphatic carbocycles. The Hall–Kier alpha value is -4.97. The number of amides is 2. The van der Waals surface area contributed by atoms with Crippen LogP contribution in [0.2, 0.25) is 5.02 Å². The van der Waals surface area contributed by atoms with Crippen LogP contribution < -0.4 is 5.32 Å². The van der Waals surface area contributed by atoms with E-state index in [2.05, 4.69) is 31.3 Å². The van der Waals surface area contributed by atoms with Gasteiger partial charge in [0.05, 0.1) is 28.6 Å². The summed E-state index contributed by atoms with van der Waals surface area (Å²) in [4.78, 5) is 51.1. The first kappa shape index (κ1) is 42.6. The van der Waals surface area contributed by atoms with Crippen LogP contribution in [0.15, 0.2) is 82.5 Å². The first-order chi connectivity index (χ1) is 27.2. The second-order valence-electron chi connectivity index (χ2n) is 15.2. The molecule has 4 aromatic rings. The summed E-state index contributed by atoms with van der Waals surface area (Å²) in [5, 5.41) is 6.25. The number of alkyl halides is 5. The maximum absolute atomic E-state index is 16.1. The van der Waals surface area contributed by atoms with Crippen molar-refractivity contribution in [3.8, 4) is 5.69 Å². The lowest BCUT2D eigenvalue weighted by atomic mass is 9.75. The average molecular weight is 898 g/mol. The van der Waals surface area contributed by atoms with Crippen LogP contribution in [0.1, 0.15) is 81.4 Å². The van der Waals surface area contributed by atoms with Gasteiger partial charge in [0.25, 0.3) is 12.3 Å². The van der Waals surface area contributed by atoms with E-state index >= 15 is 9.18 Å². The van der Waals surface area contributed by atoms with Crippen molar-refractivity contribution in [3.63, 3.8) is 0 Å². The van der Waals surface area contributed by atoms with Gasteiger partial charge in [-0.2, -0.15) is 18.3 Å². The maximum Gasteiger partial charge on any atom is 0.414 e. The van der Waals surface area contributed by atoms with Crippen molar-refractivity contribution in [2.45, 2.75) is 77.2 Å². The highest BCUT2D eigenvalue weighted by molar-refractivity contribution is 9.10. The predicted octanol–water partition coefficient (Wildman–Crippen LogP) is 9.53. The molecule has 2 heterocycles. The van der Waals surface area contributed by atoms with Crippen molar-refractivity contribution in [1.29, 1.82) is 0 Å². The molecule has 11 nitrogen and oxygen atoms in total. The molecule has 58 heavy (non-hydrogen) atoms. The molecular formula is C39H36BrClF6N6O5. The van der Waals surface area contributed by atoms with Gasteiger partial charge in [0.1, 0.15) is 25.4 Å². The zero-order valence-electron chi connectivity index (χ0n) is 31.1. The maximum atomic E-state index is 16.1. The van der Waals surface area contributed by atoms with Crippen LogP contribution in [-0.2, 0) is 31.2 Å². The lowest BCUT2D eigenvalue weighted by Crippen LogP contribution is -2.50. The first-order valence-corrected chi connectivity index (χ1v) is 19.0. The predicted molar refractivity (Wildman–Crippen MR) is 201 cm³/mol. The Kier molecular flexibility index (Phi) is 12.0. The Bertz CT molecular complexity index is 2230. The van der Waals surface area contributed by atoms with Gasteiger partial charge >= 0.3 is 18.2 Å². The first-order valence-electron chi connectivity index (χ1n) is 17.8. The summed E-state index contributed by atoms with van der Waals surface area (Å²) in [7, 11) is 0. The molecule has 3 aromatic carbocycles. The van der Waals surface area contributed by atoms with Gasteiger partial charge in [-0.3, -0.25) is 19.8 Å². The van der Waals surface area contributed by atoms with Gasteiger partial charge in [-0.05, 0) is 60.1 Å². The highest BCUT2D eigenvalue weighted by Gasteiger charge is 2.64. The third kappa shape index (κ3) is 9.02. The summed E-state index contributed by atoms with van der Waals surface area (Å²) in [6.45, 7) is 4.27. The van der Waals surface area contributed by atoms with Crippen molar-refractivity contribution in [2.75, 3.05) is 6.61 Å². The van der Waals surface area contributed by atoms with E-state index in [1.807, 2.05) is 0 Å². The van der Waals surface area contributed by atoms with E-state index in [1.54, 1.807) is 51.1 Å². The zero-order chi connectivity index (χ0) is 42.2. The van der Waals surface area contributed by atoms with Crippen molar-refractivity contribution in [1.82, 2.24) is 25.0 Å². The lowest BCUT2D eigenvalue weighted by molar-refractivity contribution is -0.195. The number of guanidine groups is 1. The third-order valence-electron chi connectivity index (χ3n) is 9.69. The molecule has 19 heteroatoms. The smallest absolute Gasteiger partial charge is 0.414 e. The molecule has 1 aliphatic heterocycles. The molecule has 1 aromatic heterocycles. The largest absolute Gasteiger partial charge is 0.463 e. The van der Waals surface area contributed by atoms with Gasteiger partial charge in [-0.25, -0.2) is 32.6 Å². The molecule has 0 bridgehead atoms. The van der Waals surface area contributed by atoms with Gasteiger partial charge in [-0.15, -0.1) is 0 Å². The summed E-state index contributed by atoms with van der Waals surface area (Å²) in [5.74, 6) is -4.29. The summed E-state index contributed by atoms with van der Waals surface area (Å²) in [5.41, 5.74) is -4.83. The van der Waals surface area contributed by atoms with Crippen molar-refractivity contribution in [3.05, 3.63) is 111 Å². The van der Waals surface area contributed by atoms with Crippen LogP contribution >= 0.6 is 27.5 Å². The van der Waals surface area contributed by atoms with Gasteiger partial charge < -0.3 is 9.47 Å². The molecule has 0 unspecified atom stereocenters. The number of hydrogen-bond acceptors (Lipinski definition) is 8. The molecule has 1 saturated carbocycles. The van der Waals surface area contributed by atoms with Crippen LogP contribution in [0.3, 0.4) is 0 Å². The van der Waals surface area contributed by atoms with Gasteiger partial charge in [0.15, 0.2) is 11.4 Å². The monoisotopic (exact) mass is 896 g/mol. The lowest BCUT2D eigenvalue weighted by Gasteiger charge is -2.35. The number of halogens is 8. The molecule has 0 spiro atoms. The molecule has 2 aliphatic rings. The molecule has 2 atom stereocenters. The number of aliphatic imine (C=N–C) groups is 1. The highest BCUT2D eigenvalue weighted by atomic mass is 79.9. The number of nitrogens with zero attached hydrogens (tertiary/aromatic N) is 5.